The molecule has 0 atom stereocenters. The van der Waals surface area contributed by atoms with Gasteiger partial charge in [0.2, 0.25) is 5.82 Å². The van der Waals surface area contributed by atoms with E-state index >= 15 is 0 Å². The number of benzene rings is 6. The van der Waals surface area contributed by atoms with Crippen LogP contribution in [0, 0.1) is 12.8 Å². The molecule has 0 saturated heterocycles. The fourth-order valence-corrected chi connectivity index (χ4v) is 8.37. The normalized spacial score (nSPS) is 12.9. The van der Waals surface area contributed by atoms with Crippen molar-refractivity contribution >= 4 is 11.0 Å². The minimum Gasteiger partial charge on any atom is -0.465 e. The van der Waals surface area contributed by atoms with Crippen molar-refractivity contribution in [3.05, 3.63) is 192 Å². The molecule has 3 aromatic heterocycles. The molecule has 6 aromatic carbocycles. The van der Waals surface area contributed by atoms with E-state index in [2.05, 4.69) is 150 Å². The molecule has 0 N–H and O–H groups in total. The third kappa shape index (κ3) is 6.78. The Hall–Kier alpha value is -7.13. The zero-order valence-electron chi connectivity index (χ0n) is 33.2. The second kappa shape index (κ2) is 15.3. The minimum atomic E-state index is -0.861. The second-order valence-electron chi connectivity index (χ2n) is 15.4. The Bertz CT molecular complexity index is 2760. The summed E-state index contributed by atoms with van der Waals surface area (Å²) in [5, 5.41) is 14.8. The maximum atomic E-state index is 6.13. The van der Waals surface area contributed by atoms with E-state index in [0.29, 0.717) is 25.0 Å². The van der Waals surface area contributed by atoms with Crippen LogP contribution in [0.3, 0.4) is 0 Å². The smallest absolute Gasteiger partial charge is 0.297 e. The van der Waals surface area contributed by atoms with Crippen LogP contribution < -0.4 is 4.74 Å². The van der Waals surface area contributed by atoms with Crippen molar-refractivity contribution in [3.8, 4) is 39.8 Å². The van der Waals surface area contributed by atoms with E-state index in [4.69, 9.17) is 30.1 Å². The Balaban J connectivity index is 0.995. The first kappa shape index (κ1) is 36.2. The van der Waals surface area contributed by atoms with Crippen molar-refractivity contribution < 1.29 is 4.74 Å². The van der Waals surface area contributed by atoms with Gasteiger partial charge in [0.05, 0.1) is 36.2 Å². The van der Waals surface area contributed by atoms with E-state index < -0.39 is 5.54 Å². The van der Waals surface area contributed by atoms with E-state index in [1.807, 2.05) is 37.5 Å². The van der Waals surface area contributed by atoms with Crippen LogP contribution in [0.25, 0.3) is 44.8 Å². The molecule has 3 heterocycles. The number of tetrazole rings is 1. The zero-order chi connectivity index (χ0) is 39.8. The lowest BCUT2D eigenvalue weighted by atomic mass is 9.77. The molecule has 9 aromatic rings. The Morgan fingerprint density at radius 3 is 1.97 bits per heavy atom. The van der Waals surface area contributed by atoms with Crippen LogP contribution in [0.1, 0.15) is 47.6 Å². The maximum absolute atomic E-state index is 6.13. The SMILES string of the molecule is CCOc1nc2c(C)cc(-c3cn(CC4CC4)cn3)cc2n1Cc1ccc(-c2ccccc2-c2nnn(C(c3ccccc3)(c3ccccc3)c3ccccc3)n2)cc1. The molecular formula is C50H44N8O. The van der Waals surface area contributed by atoms with Gasteiger partial charge in [-0.3, -0.25) is 4.57 Å². The number of hydrogen-bond donors (Lipinski definition) is 0. The fourth-order valence-electron chi connectivity index (χ4n) is 8.37. The Morgan fingerprint density at radius 1 is 0.712 bits per heavy atom. The molecule has 1 fully saturated rings. The van der Waals surface area contributed by atoms with Gasteiger partial charge in [0.15, 0.2) is 5.54 Å². The lowest BCUT2D eigenvalue weighted by Gasteiger charge is -2.34. The molecule has 0 spiro atoms. The van der Waals surface area contributed by atoms with Crippen LogP contribution in [0.4, 0.5) is 0 Å². The van der Waals surface area contributed by atoms with Crippen molar-refractivity contribution in [3.63, 3.8) is 0 Å². The molecule has 1 aliphatic rings. The lowest BCUT2D eigenvalue weighted by Crippen LogP contribution is -2.39. The van der Waals surface area contributed by atoms with Gasteiger partial charge in [-0.25, -0.2) is 4.98 Å². The number of nitrogens with zero attached hydrogens (tertiary/aromatic N) is 8. The molecule has 0 bridgehead atoms. The Kier molecular flexibility index (Phi) is 9.41. The van der Waals surface area contributed by atoms with E-state index in [-0.39, 0.29) is 0 Å². The van der Waals surface area contributed by atoms with E-state index in [9.17, 15) is 0 Å². The summed E-state index contributed by atoms with van der Waals surface area (Å²) in [6.45, 7) is 6.28. The lowest BCUT2D eigenvalue weighted by molar-refractivity contribution is 0.301. The van der Waals surface area contributed by atoms with Gasteiger partial charge in [-0.2, -0.15) is 4.98 Å². The monoisotopic (exact) mass is 772 g/mol. The van der Waals surface area contributed by atoms with Gasteiger partial charge in [0, 0.05) is 23.9 Å². The molecule has 0 aliphatic heterocycles. The third-order valence-corrected chi connectivity index (χ3v) is 11.4. The van der Waals surface area contributed by atoms with Gasteiger partial charge >= 0.3 is 0 Å². The Morgan fingerprint density at radius 2 is 1.34 bits per heavy atom. The van der Waals surface area contributed by atoms with Crippen LogP contribution in [-0.2, 0) is 18.6 Å². The summed E-state index contributed by atoms with van der Waals surface area (Å²) in [7, 11) is 0. The van der Waals surface area contributed by atoms with Gasteiger partial charge in [-0.1, -0.05) is 140 Å². The molecule has 1 saturated carbocycles. The summed E-state index contributed by atoms with van der Waals surface area (Å²) in [6, 6.07) is 53.2. The molecule has 9 heteroatoms. The first-order chi connectivity index (χ1) is 29.1. The summed E-state index contributed by atoms with van der Waals surface area (Å²) in [6.07, 6.45) is 6.75. The average Bonchev–Trinajstić information content (AvgIpc) is 3.59. The first-order valence-electron chi connectivity index (χ1n) is 20.4. The average molecular weight is 773 g/mol. The topological polar surface area (TPSA) is 88.5 Å². The number of hydrogen-bond acceptors (Lipinski definition) is 6. The fraction of sp³-hybridized carbons (Fsp3) is 0.180. The Labute approximate surface area is 343 Å². The van der Waals surface area contributed by atoms with Crippen molar-refractivity contribution in [2.24, 2.45) is 5.92 Å². The van der Waals surface area contributed by atoms with Crippen molar-refractivity contribution in [2.75, 3.05) is 6.61 Å². The van der Waals surface area contributed by atoms with Crippen molar-refractivity contribution in [1.82, 2.24) is 39.3 Å². The van der Waals surface area contributed by atoms with Gasteiger partial charge in [0.1, 0.15) is 0 Å². The molecule has 290 valence electrons. The van der Waals surface area contributed by atoms with E-state index in [1.54, 1.807) is 4.80 Å². The van der Waals surface area contributed by atoms with Crippen LogP contribution in [-0.4, -0.2) is 45.9 Å². The van der Waals surface area contributed by atoms with Gasteiger partial charge in [-0.05, 0) is 88.9 Å². The summed E-state index contributed by atoms with van der Waals surface area (Å²) in [5.74, 6) is 1.33. The van der Waals surface area contributed by atoms with Crippen LogP contribution in [0.15, 0.2) is 164 Å². The number of aromatic nitrogens is 8. The minimum absolute atomic E-state index is 0.526. The summed E-state index contributed by atoms with van der Waals surface area (Å²) in [4.78, 5) is 11.5. The van der Waals surface area contributed by atoms with Crippen LogP contribution >= 0.6 is 0 Å². The predicted octanol–water partition coefficient (Wildman–Crippen LogP) is 10.2. The van der Waals surface area contributed by atoms with Crippen molar-refractivity contribution in [1.29, 1.82) is 0 Å². The molecule has 59 heavy (non-hydrogen) atoms. The number of fused-ring (bicyclic) bond motifs is 1. The number of imidazole rings is 2. The maximum Gasteiger partial charge on any atom is 0.297 e. The highest BCUT2D eigenvalue weighted by Gasteiger charge is 2.41. The molecule has 1 aliphatic carbocycles. The zero-order valence-corrected chi connectivity index (χ0v) is 33.2. The molecule has 0 radical (unpaired) electrons. The van der Waals surface area contributed by atoms with E-state index in [0.717, 1.165) is 79.3 Å². The highest BCUT2D eigenvalue weighted by Crippen LogP contribution is 2.41. The molecule has 0 unspecified atom stereocenters. The highest BCUT2D eigenvalue weighted by atomic mass is 16.5. The second-order valence-corrected chi connectivity index (χ2v) is 15.4. The summed E-state index contributed by atoms with van der Waals surface area (Å²) in [5.41, 5.74) is 11.5. The molecule has 0 amide bonds. The molecular weight excluding hydrogens is 729 g/mol. The molecule has 9 nitrogen and oxygen atoms in total. The van der Waals surface area contributed by atoms with Crippen LogP contribution in [0.5, 0.6) is 6.01 Å². The predicted molar refractivity (Wildman–Crippen MR) is 232 cm³/mol. The third-order valence-electron chi connectivity index (χ3n) is 11.4. The van der Waals surface area contributed by atoms with Gasteiger partial charge in [-0.15, -0.1) is 15.0 Å². The quantitative estimate of drug-likeness (QED) is 0.108. The van der Waals surface area contributed by atoms with E-state index in [1.165, 1.54) is 12.8 Å². The number of aryl methyl sites for hydroxylation is 1. The number of ether oxygens (including phenoxy) is 1. The van der Waals surface area contributed by atoms with Gasteiger partial charge < -0.3 is 9.30 Å². The molecule has 10 rings (SSSR count). The van der Waals surface area contributed by atoms with Crippen LogP contribution in [0.2, 0.25) is 0 Å². The largest absolute Gasteiger partial charge is 0.465 e. The highest BCUT2D eigenvalue weighted by molar-refractivity contribution is 5.86. The number of rotatable bonds is 13. The standard InChI is InChI=1S/C50H44N8O/c1-3-59-49-52-47-35(2)29-39(45-33-56(34-51-45)31-36-23-24-36)30-46(47)57(49)32-37-25-27-38(28-26-37)43-21-13-14-22-44(43)48-53-55-58(54-48)50(40-15-7-4-8-16-40,41-17-9-5-10-18-41)42-19-11-6-12-20-42/h4-22,25-30,33-34,36H,3,23-24,31-32H2,1-2H3. The summed E-state index contributed by atoms with van der Waals surface area (Å²) >= 11 is 0. The summed E-state index contributed by atoms with van der Waals surface area (Å²) < 4.78 is 10.5. The first-order valence-corrected chi connectivity index (χ1v) is 20.4. The van der Waals surface area contributed by atoms with Gasteiger partial charge in [0.25, 0.3) is 6.01 Å². The van der Waals surface area contributed by atoms with Crippen molar-refractivity contribution in [2.45, 2.75) is 45.3 Å².